The molecule has 146 valence electrons. The molecule has 27 heavy (non-hydrogen) atoms. The Bertz CT molecular complexity index is 705. The van der Waals surface area contributed by atoms with Gasteiger partial charge in [0.1, 0.15) is 11.8 Å². The van der Waals surface area contributed by atoms with Crippen LogP contribution < -0.4 is 10.1 Å². The number of nitrogens with zero attached hydrogens (tertiary/aromatic N) is 1. The van der Waals surface area contributed by atoms with Gasteiger partial charge in [0, 0.05) is 18.2 Å². The van der Waals surface area contributed by atoms with Crippen molar-refractivity contribution in [2.24, 2.45) is 5.92 Å². The number of nitrogens with one attached hydrogen (secondary N) is 1. The molecule has 0 bridgehead atoms. The highest BCUT2D eigenvalue weighted by Crippen LogP contribution is 2.30. The molecular formula is C19H24N2O5S. The Balaban J connectivity index is 1.54. The Hall–Kier alpha value is -2.22. The highest BCUT2D eigenvalue weighted by atomic mass is 32.2. The Morgan fingerprint density at radius 3 is 2.78 bits per heavy atom. The standard InChI is InChI=1S/C19H24N2O5S/c22-17(23)10-26-15-7-3-4-13(8-15)9-20-18(24)16-11-27-12-21(16)19(25)14-5-1-2-6-14/h3-4,7-8,14,16H,1-2,5-6,9-12H2,(H,20,24)(H,22,23). The van der Waals surface area contributed by atoms with Crippen LogP contribution in [0, 0.1) is 5.92 Å². The van der Waals surface area contributed by atoms with Crippen molar-refractivity contribution in [2.45, 2.75) is 38.3 Å². The molecule has 2 fully saturated rings. The van der Waals surface area contributed by atoms with Crippen LogP contribution in [0.3, 0.4) is 0 Å². The molecular weight excluding hydrogens is 368 g/mol. The molecule has 1 heterocycles. The molecule has 2 amide bonds. The molecule has 1 atom stereocenters. The maximum Gasteiger partial charge on any atom is 0.341 e. The van der Waals surface area contributed by atoms with Gasteiger partial charge in [-0.1, -0.05) is 25.0 Å². The zero-order valence-corrected chi connectivity index (χ0v) is 15.9. The molecule has 0 radical (unpaired) electrons. The highest BCUT2D eigenvalue weighted by Gasteiger charge is 2.38. The van der Waals surface area contributed by atoms with Gasteiger partial charge in [0.25, 0.3) is 0 Å². The second kappa shape index (κ2) is 9.12. The van der Waals surface area contributed by atoms with Gasteiger partial charge in [-0.25, -0.2) is 4.79 Å². The summed E-state index contributed by atoms with van der Waals surface area (Å²) in [5, 5.41) is 11.6. The van der Waals surface area contributed by atoms with E-state index in [4.69, 9.17) is 9.84 Å². The minimum Gasteiger partial charge on any atom is -0.482 e. The number of carboxylic acids is 1. The van der Waals surface area contributed by atoms with Crippen LogP contribution in [0.15, 0.2) is 24.3 Å². The van der Waals surface area contributed by atoms with Gasteiger partial charge in [0.05, 0.1) is 5.88 Å². The van der Waals surface area contributed by atoms with E-state index in [1.165, 1.54) is 0 Å². The summed E-state index contributed by atoms with van der Waals surface area (Å²) in [5.41, 5.74) is 0.811. The van der Waals surface area contributed by atoms with Crippen molar-refractivity contribution in [3.8, 4) is 5.75 Å². The number of hydrogen-bond donors (Lipinski definition) is 2. The van der Waals surface area contributed by atoms with Crippen LogP contribution in [0.25, 0.3) is 0 Å². The van der Waals surface area contributed by atoms with Crippen molar-refractivity contribution in [1.82, 2.24) is 10.2 Å². The largest absolute Gasteiger partial charge is 0.482 e. The molecule has 0 aromatic heterocycles. The van der Waals surface area contributed by atoms with Gasteiger partial charge in [0.2, 0.25) is 11.8 Å². The molecule has 7 nitrogen and oxygen atoms in total. The van der Waals surface area contributed by atoms with Crippen molar-refractivity contribution in [3.63, 3.8) is 0 Å². The minimum atomic E-state index is -1.04. The van der Waals surface area contributed by atoms with Gasteiger partial charge in [-0.05, 0) is 30.5 Å². The van der Waals surface area contributed by atoms with Crippen molar-refractivity contribution < 1.29 is 24.2 Å². The summed E-state index contributed by atoms with van der Waals surface area (Å²) in [4.78, 5) is 37.6. The molecule has 3 rings (SSSR count). The lowest BCUT2D eigenvalue weighted by atomic mass is 10.1. The highest BCUT2D eigenvalue weighted by molar-refractivity contribution is 7.99. The first-order valence-corrected chi connectivity index (χ1v) is 10.3. The van der Waals surface area contributed by atoms with Crippen LogP contribution in [0.4, 0.5) is 0 Å². The zero-order chi connectivity index (χ0) is 19.2. The van der Waals surface area contributed by atoms with Gasteiger partial charge in [-0.3, -0.25) is 9.59 Å². The predicted molar refractivity (Wildman–Crippen MR) is 101 cm³/mol. The predicted octanol–water partition coefficient (Wildman–Crippen LogP) is 1.86. The van der Waals surface area contributed by atoms with E-state index in [2.05, 4.69) is 5.32 Å². The molecule has 1 aromatic rings. The number of benzene rings is 1. The maximum absolute atomic E-state index is 12.7. The summed E-state index contributed by atoms with van der Waals surface area (Å²) < 4.78 is 5.15. The number of carboxylic acid groups (broad SMARTS) is 1. The molecule has 0 spiro atoms. The molecule has 1 aliphatic carbocycles. The first-order valence-electron chi connectivity index (χ1n) is 9.14. The Labute approximate surface area is 162 Å². The average Bonchev–Trinajstić information content (AvgIpc) is 3.36. The molecule has 1 saturated carbocycles. The average molecular weight is 392 g/mol. The van der Waals surface area contributed by atoms with Crippen molar-refractivity contribution in [3.05, 3.63) is 29.8 Å². The quantitative estimate of drug-likeness (QED) is 0.735. The van der Waals surface area contributed by atoms with E-state index in [0.717, 1.165) is 31.2 Å². The molecule has 1 aromatic carbocycles. The normalized spacial score (nSPS) is 19.9. The van der Waals surface area contributed by atoms with Crippen LogP contribution in [-0.2, 0) is 20.9 Å². The molecule has 1 saturated heterocycles. The summed E-state index contributed by atoms with van der Waals surface area (Å²) >= 11 is 1.61. The summed E-state index contributed by atoms with van der Waals surface area (Å²) in [6, 6.07) is 6.53. The van der Waals surface area contributed by atoms with E-state index in [-0.39, 0.29) is 17.7 Å². The van der Waals surface area contributed by atoms with Crippen molar-refractivity contribution >= 4 is 29.5 Å². The van der Waals surface area contributed by atoms with E-state index in [9.17, 15) is 14.4 Å². The monoisotopic (exact) mass is 392 g/mol. The molecule has 2 aliphatic rings. The Morgan fingerprint density at radius 2 is 2.04 bits per heavy atom. The fraction of sp³-hybridized carbons (Fsp3) is 0.526. The zero-order valence-electron chi connectivity index (χ0n) is 15.1. The fourth-order valence-corrected chi connectivity index (χ4v) is 4.65. The topological polar surface area (TPSA) is 95.9 Å². The van der Waals surface area contributed by atoms with Gasteiger partial charge in [-0.2, -0.15) is 0 Å². The van der Waals surface area contributed by atoms with E-state index in [1.54, 1.807) is 34.9 Å². The van der Waals surface area contributed by atoms with Crippen LogP contribution in [0.2, 0.25) is 0 Å². The minimum absolute atomic E-state index is 0.0714. The first kappa shape index (κ1) is 19.5. The third-order valence-electron chi connectivity index (χ3n) is 4.90. The van der Waals surface area contributed by atoms with E-state index in [0.29, 0.717) is 23.9 Å². The van der Waals surface area contributed by atoms with Crippen molar-refractivity contribution in [1.29, 1.82) is 0 Å². The number of amides is 2. The number of ether oxygens (including phenoxy) is 1. The van der Waals surface area contributed by atoms with Gasteiger partial charge >= 0.3 is 5.97 Å². The van der Waals surface area contributed by atoms with Crippen molar-refractivity contribution in [2.75, 3.05) is 18.2 Å². The van der Waals surface area contributed by atoms with Gasteiger partial charge in [0.15, 0.2) is 6.61 Å². The van der Waals surface area contributed by atoms with Gasteiger partial charge < -0.3 is 20.1 Å². The number of carbonyl (C=O) groups is 3. The fourth-order valence-electron chi connectivity index (χ4n) is 3.48. The Kier molecular flexibility index (Phi) is 6.60. The third-order valence-corrected chi connectivity index (χ3v) is 5.91. The van der Waals surface area contributed by atoms with Crippen LogP contribution in [0.1, 0.15) is 31.2 Å². The number of rotatable bonds is 7. The summed E-state index contributed by atoms with van der Waals surface area (Å²) in [5.74, 6) is 0.628. The molecule has 2 N–H and O–H groups in total. The lowest BCUT2D eigenvalue weighted by Gasteiger charge is -2.25. The van der Waals surface area contributed by atoms with Crippen LogP contribution >= 0.6 is 11.8 Å². The third kappa shape index (κ3) is 5.15. The second-order valence-electron chi connectivity index (χ2n) is 6.85. The number of thioether (sulfide) groups is 1. The number of carbonyl (C=O) groups excluding carboxylic acids is 2. The number of aliphatic carboxylic acids is 1. The first-order chi connectivity index (χ1) is 13.0. The number of hydrogen-bond acceptors (Lipinski definition) is 5. The van der Waals surface area contributed by atoms with Crippen LogP contribution in [-0.4, -0.2) is 52.1 Å². The second-order valence-corrected chi connectivity index (χ2v) is 7.85. The SMILES string of the molecule is O=C(O)COc1cccc(CNC(=O)C2CSCN2C(=O)C2CCCC2)c1. The summed E-state index contributed by atoms with van der Waals surface area (Å²) in [6.07, 6.45) is 4.04. The molecule has 8 heteroatoms. The molecule has 1 aliphatic heterocycles. The van der Waals surface area contributed by atoms with E-state index in [1.807, 2.05) is 6.07 Å². The summed E-state index contributed by atoms with van der Waals surface area (Å²) in [7, 11) is 0. The Morgan fingerprint density at radius 1 is 1.26 bits per heavy atom. The molecule has 1 unspecified atom stereocenters. The maximum atomic E-state index is 12.7. The lowest BCUT2D eigenvalue weighted by Crippen LogP contribution is -2.48. The van der Waals surface area contributed by atoms with Crippen LogP contribution in [0.5, 0.6) is 5.75 Å². The van der Waals surface area contributed by atoms with E-state index < -0.39 is 18.6 Å². The van der Waals surface area contributed by atoms with E-state index >= 15 is 0 Å². The summed E-state index contributed by atoms with van der Waals surface area (Å²) in [6.45, 7) is -0.108. The lowest BCUT2D eigenvalue weighted by molar-refractivity contribution is -0.141. The van der Waals surface area contributed by atoms with Gasteiger partial charge in [-0.15, -0.1) is 11.8 Å². The smallest absolute Gasteiger partial charge is 0.341 e.